The Hall–Kier alpha value is -1.02. The third-order valence-electron chi connectivity index (χ3n) is 3.87. The van der Waals surface area contributed by atoms with Gasteiger partial charge in [-0.25, -0.2) is 0 Å². The molecule has 7 heteroatoms. The minimum Gasteiger partial charge on any atom is -0.390 e. The highest BCUT2D eigenvalue weighted by Crippen LogP contribution is 2.09. The first kappa shape index (κ1) is 13.0. The molecule has 7 nitrogen and oxygen atoms in total. The van der Waals surface area contributed by atoms with Crippen LogP contribution in [-0.4, -0.2) is 81.6 Å². The van der Waals surface area contributed by atoms with Crippen molar-refractivity contribution in [1.82, 2.24) is 29.9 Å². The fourth-order valence-corrected chi connectivity index (χ4v) is 2.82. The van der Waals surface area contributed by atoms with E-state index in [-0.39, 0.29) is 6.10 Å². The highest BCUT2D eigenvalue weighted by atomic mass is 16.3. The monoisotopic (exact) mass is 266 g/mol. The zero-order valence-corrected chi connectivity index (χ0v) is 11.2. The van der Waals surface area contributed by atoms with E-state index in [1.807, 2.05) is 0 Å². The van der Waals surface area contributed by atoms with Crippen molar-refractivity contribution >= 4 is 0 Å². The summed E-state index contributed by atoms with van der Waals surface area (Å²) in [6.07, 6.45) is 1.50. The predicted octanol–water partition coefficient (Wildman–Crippen LogP) is -1.64. The van der Waals surface area contributed by atoms with Crippen molar-refractivity contribution < 1.29 is 5.11 Å². The van der Waals surface area contributed by atoms with Crippen molar-refractivity contribution in [3.8, 4) is 0 Å². The number of nitrogens with one attached hydrogen (secondary N) is 1. The molecule has 1 saturated heterocycles. The summed E-state index contributed by atoms with van der Waals surface area (Å²) in [6.45, 7) is 8.28. The smallest absolute Gasteiger partial charge is 0.147 e. The predicted molar refractivity (Wildman–Crippen MR) is 70.6 cm³/mol. The van der Waals surface area contributed by atoms with Crippen LogP contribution in [0.15, 0.2) is 6.33 Å². The molecule has 1 fully saturated rings. The first-order chi connectivity index (χ1) is 9.31. The number of rotatable bonds is 4. The third-order valence-corrected chi connectivity index (χ3v) is 3.87. The molecule has 2 N–H and O–H groups in total. The van der Waals surface area contributed by atoms with Crippen LogP contribution >= 0.6 is 0 Å². The third kappa shape index (κ3) is 3.30. The van der Waals surface area contributed by atoms with Crippen molar-refractivity contribution in [3.05, 3.63) is 12.2 Å². The zero-order valence-electron chi connectivity index (χ0n) is 11.2. The molecule has 2 aliphatic heterocycles. The Morgan fingerprint density at radius 1 is 1.16 bits per heavy atom. The highest BCUT2D eigenvalue weighted by molar-refractivity contribution is 4.90. The molecular formula is C12H22N6O. The largest absolute Gasteiger partial charge is 0.390 e. The van der Waals surface area contributed by atoms with Crippen molar-refractivity contribution in [3.63, 3.8) is 0 Å². The standard InChI is InChI=1S/C12H22N6O/c19-11(7-16-3-1-13-2-4-16)8-17-5-6-18-10-14-15-12(18)9-17/h10-11,13,19H,1-9H2. The van der Waals surface area contributed by atoms with E-state index < -0.39 is 0 Å². The molecule has 3 heterocycles. The summed E-state index contributed by atoms with van der Waals surface area (Å²) in [6, 6.07) is 0. The maximum absolute atomic E-state index is 10.2. The van der Waals surface area contributed by atoms with E-state index in [0.29, 0.717) is 0 Å². The number of nitrogens with zero attached hydrogens (tertiary/aromatic N) is 5. The van der Waals surface area contributed by atoms with Gasteiger partial charge in [-0.3, -0.25) is 9.80 Å². The maximum Gasteiger partial charge on any atom is 0.147 e. The molecule has 3 rings (SSSR count). The van der Waals surface area contributed by atoms with Gasteiger partial charge in [0.2, 0.25) is 0 Å². The lowest BCUT2D eigenvalue weighted by atomic mass is 10.2. The summed E-state index contributed by atoms with van der Waals surface area (Å²) in [7, 11) is 0. The minimum atomic E-state index is -0.285. The number of β-amino-alcohol motifs (C(OH)–C–C–N with tert-alkyl or cyclic N) is 1. The molecule has 1 aromatic rings. The number of aromatic nitrogens is 3. The van der Waals surface area contributed by atoms with Crippen molar-refractivity contribution in [2.24, 2.45) is 0 Å². The van der Waals surface area contributed by atoms with Crippen molar-refractivity contribution in [2.75, 3.05) is 45.8 Å². The second-order valence-electron chi connectivity index (χ2n) is 5.38. The normalized spacial score (nSPS) is 23.2. The molecular weight excluding hydrogens is 244 g/mol. The molecule has 1 atom stereocenters. The maximum atomic E-state index is 10.2. The number of piperazine rings is 1. The molecule has 106 valence electrons. The lowest BCUT2D eigenvalue weighted by Crippen LogP contribution is -2.49. The van der Waals surface area contributed by atoms with Gasteiger partial charge < -0.3 is 15.0 Å². The van der Waals surface area contributed by atoms with Gasteiger partial charge >= 0.3 is 0 Å². The molecule has 0 saturated carbocycles. The van der Waals surface area contributed by atoms with Gasteiger partial charge in [-0.05, 0) is 0 Å². The zero-order chi connectivity index (χ0) is 13.1. The van der Waals surface area contributed by atoms with Crippen molar-refractivity contribution in [2.45, 2.75) is 19.2 Å². The average Bonchev–Trinajstić information content (AvgIpc) is 2.87. The summed E-state index contributed by atoms with van der Waals surface area (Å²) in [5.74, 6) is 1.00. The number of hydrogen-bond donors (Lipinski definition) is 2. The first-order valence-electron chi connectivity index (χ1n) is 7.01. The van der Waals surface area contributed by atoms with E-state index in [1.54, 1.807) is 6.33 Å². The van der Waals surface area contributed by atoms with Gasteiger partial charge in [-0.2, -0.15) is 0 Å². The van der Waals surface area contributed by atoms with E-state index in [9.17, 15) is 5.11 Å². The number of aliphatic hydroxyl groups excluding tert-OH is 1. The van der Waals surface area contributed by atoms with E-state index in [4.69, 9.17) is 0 Å². The lowest BCUT2D eigenvalue weighted by Gasteiger charge is -2.32. The Labute approximate surface area is 113 Å². The fraction of sp³-hybridized carbons (Fsp3) is 0.833. The number of fused-ring (bicyclic) bond motifs is 1. The second kappa shape index (κ2) is 5.96. The molecule has 0 amide bonds. The molecule has 0 aliphatic carbocycles. The highest BCUT2D eigenvalue weighted by Gasteiger charge is 2.21. The van der Waals surface area contributed by atoms with Crippen LogP contribution in [0.1, 0.15) is 5.82 Å². The Bertz CT molecular complexity index is 403. The van der Waals surface area contributed by atoms with Crippen LogP contribution in [0.25, 0.3) is 0 Å². The van der Waals surface area contributed by atoms with Crippen LogP contribution in [0.2, 0.25) is 0 Å². The second-order valence-corrected chi connectivity index (χ2v) is 5.38. The molecule has 2 aliphatic rings. The molecule has 1 unspecified atom stereocenters. The summed E-state index contributed by atoms with van der Waals surface area (Å²) >= 11 is 0. The summed E-state index contributed by atoms with van der Waals surface area (Å²) in [4.78, 5) is 4.59. The van der Waals surface area contributed by atoms with Crippen LogP contribution < -0.4 is 5.32 Å². The van der Waals surface area contributed by atoms with Gasteiger partial charge in [0.1, 0.15) is 12.2 Å². The SMILES string of the molecule is OC(CN1CCNCC1)CN1CCn2cnnc2C1. The number of hydrogen-bond acceptors (Lipinski definition) is 6. The molecule has 0 radical (unpaired) electrons. The molecule has 0 bridgehead atoms. The van der Waals surface area contributed by atoms with Crippen LogP contribution in [-0.2, 0) is 13.1 Å². The summed E-state index contributed by atoms with van der Waals surface area (Å²) < 4.78 is 2.08. The van der Waals surface area contributed by atoms with Crippen LogP contribution in [0.5, 0.6) is 0 Å². The van der Waals surface area contributed by atoms with E-state index in [2.05, 4.69) is 29.9 Å². The number of aliphatic hydroxyl groups is 1. The van der Waals surface area contributed by atoms with Gasteiger partial charge in [0, 0.05) is 52.4 Å². The van der Waals surface area contributed by atoms with Gasteiger partial charge in [-0.15, -0.1) is 10.2 Å². The Morgan fingerprint density at radius 3 is 2.79 bits per heavy atom. The van der Waals surface area contributed by atoms with Crippen molar-refractivity contribution in [1.29, 1.82) is 0 Å². The van der Waals surface area contributed by atoms with Gasteiger partial charge in [0.25, 0.3) is 0 Å². The van der Waals surface area contributed by atoms with E-state index >= 15 is 0 Å². The Morgan fingerprint density at radius 2 is 1.95 bits per heavy atom. The molecule has 1 aromatic heterocycles. The van der Waals surface area contributed by atoms with Gasteiger partial charge in [0.15, 0.2) is 0 Å². The minimum absolute atomic E-state index is 0.285. The van der Waals surface area contributed by atoms with Gasteiger partial charge in [-0.1, -0.05) is 0 Å². The quantitative estimate of drug-likeness (QED) is 0.681. The molecule has 0 aromatic carbocycles. The lowest BCUT2D eigenvalue weighted by molar-refractivity contribution is 0.0599. The van der Waals surface area contributed by atoms with Crippen LogP contribution in [0.4, 0.5) is 0 Å². The first-order valence-corrected chi connectivity index (χ1v) is 7.01. The van der Waals surface area contributed by atoms with E-state index in [0.717, 1.165) is 64.7 Å². The Kier molecular flexibility index (Phi) is 4.07. The van der Waals surface area contributed by atoms with Crippen LogP contribution in [0, 0.1) is 0 Å². The average molecular weight is 266 g/mol. The molecule has 0 spiro atoms. The fourth-order valence-electron chi connectivity index (χ4n) is 2.82. The summed E-state index contributed by atoms with van der Waals surface area (Å²) in [5, 5.41) is 21.6. The van der Waals surface area contributed by atoms with Crippen LogP contribution in [0.3, 0.4) is 0 Å². The topological polar surface area (TPSA) is 69.5 Å². The molecule has 19 heavy (non-hydrogen) atoms. The van der Waals surface area contributed by atoms with E-state index in [1.165, 1.54) is 0 Å². The summed E-state index contributed by atoms with van der Waals surface area (Å²) in [5.41, 5.74) is 0. The van der Waals surface area contributed by atoms with Gasteiger partial charge in [0.05, 0.1) is 12.6 Å². The Balaban J connectivity index is 1.46.